The highest BCUT2D eigenvalue weighted by molar-refractivity contribution is 8.01. The van der Waals surface area contributed by atoms with Crippen molar-refractivity contribution in [2.24, 2.45) is 5.92 Å². The van der Waals surface area contributed by atoms with E-state index in [-0.39, 0.29) is 0 Å². The van der Waals surface area contributed by atoms with Gasteiger partial charge in [0.1, 0.15) is 0 Å². The quantitative estimate of drug-likeness (QED) is 0.606. The highest BCUT2D eigenvalue weighted by Gasteiger charge is 2.20. The molecule has 0 saturated heterocycles. The zero-order chi connectivity index (χ0) is 8.27. The maximum Gasteiger partial charge on any atom is 0.0132 e. The summed E-state index contributed by atoms with van der Waals surface area (Å²) >= 11 is 0. The lowest BCUT2D eigenvalue weighted by atomic mass is 9.87. The van der Waals surface area contributed by atoms with Gasteiger partial charge in [-0.05, 0) is 47.1 Å². The van der Waals surface area contributed by atoms with Crippen LogP contribution >= 0.6 is 17.3 Å². The summed E-state index contributed by atoms with van der Waals surface area (Å²) in [5.41, 5.74) is 0. The topological polar surface area (TPSA) is 3.24 Å². The van der Waals surface area contributed by atoms with Crippen LogP contribution in [0.2, 0.25) is 0 Å². The van der Waals surface area contributed by atoms with E-state index in [0.717, 1.165) is 20.4 Å². The molecule has 0 heterocycles. The summed E-state index contributed by atoms with van der Waals surface area (Å²) in [4.78, 5) is 0. The summed E-state index contributed by atoms with van der Waals surface area (Å²) in [6.45, 7) is 2.37. The van der Waals surface area contributed by atoms with Gasteiger partial charge < -0.3 is 0 Å². The second kappa shape index (κ2) is 4.75. The van der Waals surface area contributed by atoms with Crippen LogP contribution in [-0.4, -0.2) is 17.8 Å². The van der Waals surface area contributed by atoms with Gasteiger partial charge in [0, 0.05) is 6.04 Å². The molecule has 1 fully saturated rings. The molecule has 0 bridgehead atoms. The Hall–Kier alpha value is 0.820. The van der Waals surface area contributed by atoms with Crippen LogP contribution in [0.1, 0.15) is 32.6 Å². The van der Waals surface area contributed by atoms with Crippen molar-refractivity contribution >= 4 is 17.3 Å². The molecular weight excluding hydrogens is 172 g/mol. The minimum atomic E-state index is 0.877. The molecule has 66 valence electrons. The van der Waals surface area contributed by atoms with E-state index in [9.17, 15) is 0 Å². The number of nitrogens with zero attached hydrogens (tertiary/aromatic N) is 1. The van der Waals surface area contributed by atoms with Crippen LogP contribution in [0.25, 0.3) is 0 Å². The summed E-state index contributed by atoms with van der Waals surface area (Å²) in [5.74, 6) is 0.979. The van der Waals surface area contributed by atoms with Gasteiger partial charge in [-0.2, -0.15) is 0 Å². The predicted octanol–water partition coefficient (Wildman–Crippen LogP) is 2.88. The Morgan fingerprint density at radius 1 is 1.27 bits per heavy atom. The van der Waals surface area contributed by atoms with Crippen LogP contribution in [-0.2, 0) is 0 Å². The van der Waals surface area contributed by atoms with Crippen LogP contribution in [0.3, 0.4) is 0 Å². The van der Waals surface area contributed by atoms with Crippen molar-refractivity contribution in [2.75, 3.05) is 7.05 Å². The van der Waals surface area contributed by atoms with Crippen LogP contribution in [0.5, 0.6) is 0 Å². The van der Waals surface area contributed by atoms with Gasteiger partial charge in [0.15, 0.2) is 0 Å². The maximum absolute atomic E-state index is 2.83. The van der Waals surface area contributed by atoms with Crippen LogP contribution < -0.4 is 0 Å². The Morgan fingerprint density at radius 3 is 2.27 bits per heavy atom. The van der Waals surface area contributed by atoms with E-state index >= 15 is 0 Å². The molecule has 0 aliphatic heterocycles. The molecule has 0 aromatic carbocycles. The number of hydrogen-bond donors (Lipinski definition) is 0. The third-order valence-electron chi connectivity index (χ3n) is 2.74. The third kappa shape index (κ3) is 2.98. The van der Waals surface area contributed by atoms with Gasteiger partial charge in [-0.3, -0.25) is 4.67 Å². The molecule has 3 heteroatoms. The van der Waals surface area contributed by atoms with Gasteiger partial charge in [-0.1, -0.05) is 15.9 Å². The fraction of sp³-hybridized carbons (Fsp3) is 1.00. The second-order valence-electron chi connectivity index (χ2n) is 3.65. The molecule has 2 unspecified atom stereocenters. The van der Waals surface area contributed by atoms with Crippen molar-refractivity contribution in [3.05, 3.63) is 0 Å². The van der Waals surface area contributed by atoms with Gasteiger partial charge >= 0.3 is 0 Å². The molecule has 11 heavy (non-hydrogen) atoms. The van der Waals surface area contributed by atoms with E-state index < -0.39 is 0 Å². The van der Waals surface area contributed by atoms with Crippen molar-refractivity contribution in [2.45, 2.75) is 38.6 Å². The van der Waals surface area contributed by atoms with Crippen molar-refractivity contribution in [1.82, 2.24) is 4.67 Å². The van der Waals surface area contributed by atoms with Crippen molar-refractivity contribution in [1.29, 1.82) is 0 Å². The minimum absolute atomic E-state index is 0.877. The van der Waals surface area contributed by atoms with Gasteiger partial charge in [0.05, 0.1) is 0 Å². The fourth-order valence-corrected chi connectivity index (χ4v) is 2.84. The predicted molar refractivity (Wildman–Crippen MR) is 57.2 cm³/mol. The first-order chi connectivity index (χ1) is 5.24. The van der Waals surface area contributed by atoms with Gasteiger partial charge in [-0.25, -0.2) is 0 Å². The molecule has 1 aliphatic carbocycles. The molecule has 0 aromatic heterocycles. The highest BCUT2D eigenvalue weighted by Crippen LogP contribution is 2.34. The van der Waals surface area contributed by atoms with Crippen LogP contribution in [0, 0.1) is 5.92 Å². The molecular formula is C8H19NP2. The molecule has 1 nitrogen and oxygen atoms in total. The number of hydrogen-bond acceptors (Lipinski definition) is 1. The Morgan fingerprint density at radius 2 is 1.82 bits per heavy atom. The first-order valence-electron chi connectivity index (χ1n) is 4.43. The SMILES string of the molecule is CC1CCC(N(C)PP)CC1. The lowest BCUT2D eigenvalue weighted by molar-refractivity contribution is 0.257. The van der Waals surface area contributed by atoms with Crippen molar-refractivity contribution < 1.29 is 0 Å². The van der Waals surface area contributed by atoms with Crippen molar-refractivity contribution in [3.63, 3.8) is 0 Å². The maximum atomic E-state index is 2.83. The molecule has 1 rings (SSSR count). The molecule has 0 aromatic rings. The monoisotopic (exact) mass is 191 g/mol. The molecule has 0 spiro atoms. The smallest absolute Gasteiger partial charge is 0.0132 e. The van der Waals surface area contributed by atoms with E-state index in [4.69, 9.17) is 0 Å². The summed E-state index contributed by atoms with van der Waals surface area (Å²) in [7, 11) is 5.98. The first-order valence-corrected chi connectivity index (χ1v) is 7.18. The largest absolute Gasteiger partial charge is 0.281 e. The van der Waals surface area contributed by atoms with Gasteiger partial charge in [0.25, 0.3) is 0 Å². The second-order valence-corrected chi connectivity index (χ2v) is 5.39. The molecule has 2 atom stereocenters. The average molecular weight is 191 g/mol. The Kier molecular flexibility index (Phi) is 4.28. The van der Waals surface area contributed by atoms with Gasteiger partial charge in [-0.15, -0.1) is 0 Å². The van der Waals surface area contributed by atoms with E-state index in [1.54, 1.807) is 0 Å². The van der Waals surface area contributed by atoms with Crippen LogP contribution in [0.4, 0.5) is 0 Å². The van der Waals surface area contributed by atoms with Crippen LogP contribution in [0.15, 0.2) is 0 Å². The fourth-order valence-electron chi connectivity index (χ4n) is 1.74. The van der Waals surface area contributed by atoms with E-state index in [1.165, 1.54) is 25.7 Å². The minimum Gasteiger partial charge on any atom is -0.281 e. The Balaban J connectivity index is 2.27. The highest BCUT2D eigenvalue weighted by atomic mass is 32.0. The Bertz CT molecular complexity index is 111. The average Bonchev–Trinajstić information content (AvgIpc) is 2.05. The standard InChI is InChI=1S/C8H19NP2/c1-7-3-5-8(6-4-7)9(2)11-10/h7-8,11H,3-6,10H2,1-2H3. The lowest BCUT2D eigenvalue weighted by Gasteiger charge is -2.32. The molecule has 0 radical (unpaired) electrons. The summed E-state index contributed by atoms with van der Waals surface area (Å²) in [6, 6.07) is 0.877. The molecule has 0 amide bonds. The zero-order valence-electron chi connectivity index (χ0n) is 7.51. The first kappa shape index (κ1) is 9.90. The number of rotatable bonds is 2. The molecule has 1 aliphatic rings. The van der Waals surface area contributed by atoms with E-state index in [1.807, 2.05) is 0 Å². The zero-order valence-corrected chi connectivity index (χ0v) is 9.66. The van der Waals surface area contributed by atoms with Gasteiger partial charge in [0.2, 0.25) is 0 Å². The summed E-state index contributed by atoms with van der Waals surface area (Å²) < 4.78 is 2.48. The van der Waals surface area contributed by atoms with E-state index in [2.05, 4.69) is 27.6 Å². The van der Waals surface area contributed by atoms with Crippen molar-refractivity contribution in [3.8, 4) is 0 Å². The summed E-state index contributed by atoms with van der Waals surface area (Å²) in [5, 5.41) is 0. The third-order valence-corrected chi connectivity index (χ3v) is 4.73. The Labute approximate surface area is 74.2 Å². The molecule has 0 N–H and O–H groups in total. The van der Waals surface area contributed by atoms with E-state index in [0.29, 0.717) is 0 Å². The summed E-state index contributed by atoms with van der Waals surface area (Å²) in [6.07, 6.45) is 5.70. The molecule has 1 saturated carbocycles. The normalized spacial score (nSPS) is 33.8. The lowest BCUT2D eigenvalue weighted by Crippen LogP contribution is -2.28.